The van der Waals surface area contributed by atoms with E-state index in [-0.39, 0.29) is 17.5 Å². The summed E-state index contributed by atoms with van der Waals surface area (Å²) in [5.41, 5.74) is 2.18. The van der Waals surface area contributed by atoms with Crippen LogP contribution in [0, 0.1) is 11.3 Å². The number of nitriles is 1. The van der Waals surface area contributed by atoms with E-state index in [9.17, 15) is 24.4 Å². The van der Waals surface area contributed by atoms with E-state index in [4.69, 9.17) is 4.42 Å². The number of fused-ring (bicyclic) bond motifs is 1. The molecule has 3 N–H and O–H groups in total. The van der Waals surface area contributed by atoms with Crippen LogP contribution in [0.1, 0.15) is 46.0 Å². The molecule has 5 rings (SSSR count). The minimum absolute atomic E-state index is 0.0111. The Morgan fingerprint density at radius 1 is 1.07 bits per heavy atom. The average Bonchev–Trinajstić information content (AvgIpc) is 3.67. The Labute approximate surface area is 268 Å². The first-order chi connectivity index (χ1) is 21.7. The average molecular weight is 640 g/mol. The highest BCUT2D eigenvalue weighted by molar-refractivity contribution is 8.00. The molecule has 0 aliphatic carbocycles. The molecule has 2 aromatic carbocycles. The molecule has 45 heavy (non-hydrogen) atoms. The van der Waals surface area contributed by atoms with Gasteiger partial charge in [0, 0.05) is 40.6 Å². The molecule has 4 aromatic rings. The summed E-state index contributed by atoms with van der Waals surface area (Å²) in [6.07, 6.45) is 3.48. The highest BCUT2D eigenvalue weighted by Crippen LogP contribution is 2.37. The fourth-order valence-electron chi connectivity index (χ4n) is 4.65. The lowest BCUT2D eigenvalue weighted by Gasteiger charge is -2.25. The van der Waals surface area contributed by atoms with Gasteiger partial charge in [-0.15, -0.1) is 23.1 Å². The fourth-order valence-corrected chi connectivity index (χ4v) is 6.80. The van der Waals surface area contributed by atoms with E-state index in [1.165, 1.54) is 42.4 Å². The summed E-state index contributed by atoms with van der Waals surface area (Å²) in [6.45, 7) is 4.24. The number of hydrogen-bond donors (Lipinski definition) is 3. The molecule has 3 heterocycles. The van der Waals surface area contributed by atoms with Crippen LogP contribution in [-0.2, 0) is 27.3 Å². The quantitative estimate of drug-likeness (QED) is 0.159. The van der Waals surface area contributed by atoms with E-state index in [1.54, 1.807) is 72.5 Å². The number of thiophene rings is 1. The van der Waals surface area contributed by atoms with Crippen molar-refractivity contribution in [3.63, 3.8) is 0 Å². The normalized spacial score (nSPS) is 13.3. The maximum absolute atomic E-state index is 13.3. The Morgan fingerprint density at radius 2 is 1.87 bits per heavy atom. The molecule has 228 valence electrons. The third kappa shape index (κ3) is 7.70. The highest BCUT2D eigenvalue weighted by atomic mass is 32.2. The Balaban J connectivity index is 1.25. The van der Waals surface area contributed by atoms with Gasteiger partial charge in [0.25, 0.3) is 11.8 Å². The predicted molar refractivity (Wildman–Crippen MR) is 173 cm³/mol. The van der Waals surface area contributed by atoms with Crippen molar-refractivity contribution in [2.45, 2.75) is 37.0 Å². The van der Waals surface area contributed by atoms with E-state index in [0.717, 1.165) is 15.3 Å². The Hall–Kier alpha value is -5.12. The second kappa shape index (κ2) is 14.1. The van der Waals surface area contributed by atoms with Gasteiger partial charge in [-0.2, -0.15) is 5.26 Å². The summed E-state index contributed by atoms with van der Waals surface area (Å²) >= 11 is 2.62. The van der Waals surface area contributed by atoms with Crippen LogP contribution in [0.5, 0.6) is 0 Å². The van der Waals surface area contributed by atoms with Crippen LogP contribution in [0.2, 0.25) is 0 Å². The lowest BCUT2D eigenvalue weighted by Crippen LogP contribution is -2.33. The number of carbonyl (C=O) groups is 4. The first-order valence-electron chi connectivity index (χ1n) is 14.0. The largest absolute Gasteiger partial charge is 0.465 e. The number of furan rings is 1. The third-order valence-electron chi connectivity index (χ3n) is 6.98. The number of amides is 4. The molecule has 0 saturated heterocycles. The van der Waals surface area contributed by atoms with Gasteiger partial charge in [-0.05, 0) is 61.4 Å². The van der Waals surface area contributed by atoms with Crippen molar-refractivity contribution in [3.8, 4) is 6.07 Å². The van der Waals surface area contributed by atoms with Crippen LogP contribution < -0.4 is 16.0 Å². The third-order valence-corrected chi connectivity index (χ3v) is 9.21. The summed E-state index contributed by atoms with van der Waals surface area (Å²) < 4.78 is 5.35. The molecule has 10 nitrogen and oxygen atoms in total. The zero-order valence-corrected chi connectivity index (χ0v) is 26.1. The fraction of sp³-hybridized carbons (Fsp3) is 0.182. The van der Waals surface area contributed by atoms with Gasteiger partial charge in [-0.25, -0.2) is 0 Å². The second-order valence-corrected chi connectivity index (χ2v) is 12.7. The summed E-state index contributed by atoms with van der Waals surface area (Å²) in [5.74, 6) is -0.920. The molecule has 0 radical (unpaired) electrons. The molecular weight excluding hydrogens is 611 g/mol. The molecule has 2 aromatic heterocycles. The van der Waals surface area contributed by atoms with Crippen LogP contribution in [0.4, 0.5) is 10.7 Å². The van der Waals surface area contributed by atoms with Crippen molar-refractivity contribution < 1.29 is 23.6 Å². The van der Waals surface area contributed by atoms with Crippen molar-refractivity contribution >= 4 is 63.5 Å². The van der Waals surface area contributed by atoms with Crippen molar-refractivity contribution in [2.24, 2.45) is 0 Å². The minimum Gasteiger partial charge on any atom is -0.465 e. The van der Waals surface area contributed by atoms with Crippen LogP contribution in [0.25, 0.3) is 6.08 Å². The maximum Gasteiger partial charge on any atom is 0.272 e. The first-order valence-corrected chi connectivity index (χ1v) is 15.7. The molecule has 0 saturated carbocycles. The summed E-state index contributed by atoms with van der Waals surface area (Å²) in [7, 11) is 0. The number of anilines is 2. The molecular formula is C33H29N5O5S2. The Morgan fingerprint density at radius 3 is 2.58 bits per heavy atom. The first kappa shape index (κ1) is 31.3. The Kier molecular flexibility index (Phi) is 9.82. The highest BCUT2D eigenvalue weighted by Gasteiger charge is 2.27. The molecule has 0 bridgehead atoms. The molecule has 1 aliphatic heterocycles. The number of hydrogen-bond acceptors (Lipinski definition) is 8. The zero-order chi connectivity index (χ0) is 31.9. The van der Waals surface area contributed by atoms with E-state index in [2.05, 4.69) is 22.0 Å². The van der Waals surface area contributed by atoms with E-state index in [1.807, 2.05) is 6.07 Å². The number of carbonyl (C=O) groups excluding carboxylic acids is 4. The van der Waals surface area contributed by atoms with Gasteiger partial charge >= 0.3 is 0 Å². The number of nitrogens with zero attached hydrogens (tertiary/aromatic N) is 2. The van der Waals surface area contributed by atoms with Crippen molar-refractivity contribution in [1.29, 1.82) is 5.26 Å². The summed E-state index contributed by atoms with van der Waals surface area (Å²) in [4.78, 5) is 54.5. The van der Waals surface area contributed by atoms with E-state index >= 15 is 0 Å². The van der Waals surface area contributed by atoms with Gasteiger partial charge < -0.3 is 25.3 Å². The predicted octanol–water partition coefficient (Wildman–Crippen LogP) is 5.65. The van der Waals surface area contributed by atoms with Crippen molar-refractivity contribution in [2.75, 3.05) is 17.2 Å². The second-order valence-electron chi connectivity index (χ2n) is 10.1. The van der Waals surface area contributed by atoms with Crippen LogP contribution >= 0.6 is 23.1 Å². The number of rotatable bonds is 9. The molecule has 0 fully saturated rings. The minimum atomic E-state index is -0.558. The van der Waals surface area contributed by atoms with Gasteiger partial charge in [0.1, 0.15) is 22.5 Å². The maximum atomic E-state index is 13.3. The lowest BCUT2D eigenvalue weighted by atomic mass is 10.0. The SMILES string of the molecule is CC(=O)N1CCc2c(sc(NC(=O)C(C)Sc3cccc(NC(=O)/C(=C/c4ccco4)NC(=O)c4ccccc4)c3)c2C#N)C1. The molecule has 1 unspecified atom stereocenters. The monoisotopic (exact) mass is 639 g/mol. The molecule has 12 heteroatoms. The zero-order valence-electron chi connectivity index (χ0n) is 24.5. The van der Waals surface area contributed by atoms with Gasteiger partial charge in [-0.1, -0.05) is 24.3 Å². The van der Waals surface area contributed by atoms with Gasteiger partial charge in [0.05, 0.1) is 23.6 Å². The van der Waals surface area contributed by atoms with E-state index < -0.39 is 17.1 Å². The van der Waals surface area contributed by atoms with Crippen LogP contribution in [0.15, 0.2) is 88.0 Å². The molecule has 0 spiro atoms. The van der Waals surface area contributed by atoms with Crippen molar-refractivity contribution in [1.82, 2.24) is 10.2 Å². The molecule has 1 aliphatic rings. The topological polar surface area (TPSA) is 145 Å². The standard InChI is InChI=1S/C33H29N5O5S2/c1-20(30(40)37-33-27(18-34)26-13-14-38(21(2)39)19-29(26)45-33)44-25-12-6-10-23(16-25)35-32(42)28(17-24-11-7-15-43-24)36-31(41)22-8-4-3-5-9-22/h3-12,15-17,20H,13-14,19H2,1-2H3,(H,35,42)(H,36,41)(H,37,40)/b28-17-. The molecule has 4 amide bonds. The van der Waals surface area contributed by atoms with Gasteiger partial charge in [-0.3, -0.25) is 19.2 Å². The van der Waals surface area contributed by atoms with Gasteiger partial charge in [0.2, 0.25) is 11.8 Å². The van der Waals surface area contributed by atoms with Crippen molar-refractivity contribution in [3.05, 3.63) is 106 Å². The lowest BCUT2D eigenvalue weighted by molar-refractivity contribution is -0.129. The summed E-state index contributed by atoms with van der Waals surface area (Å²) in [5, 5.41) is 18.1. The Bertz CT molecular complexity index is 1810. The van der Waals surface area contributed by atoms with Crippen LogP contribution in [0.3, 0.4) is 0 Å². The van der Waals surface area contributed by atoms with Gasteiger partial charge in [0.15, 0.2) is 0 Å². The van der Waals surface area contributed by atoms with E-state index in [0.29, 0.717) is 47.1 Å². The number of benzene rings is 2. The molecule has 1 atom stereocenters. The van der Waals surface area contributed by atoms with Crippen LogP contribution in [-0.4, -0.2) is 40.3 Å². The number of thioether (sulfide) groups is 1. The summed E-state index contributed by atoms with van der Waals surface area (Å²) in [6, 6.07) is 21.1. The smallest absolute Gasteiger partial charge is 0.272 e. The number of nitrogens with one attached hydrogen (secondary N) is 3.